The average molecular weight is 268 g/mol. The molecule has 0 radical (unpaired) electrons. The van der Waals surface area contributed by atoms with E-state index >= 15 is 0 Å². The summed E-state index contributed by atoms with van der Waals surface area (Å²) < 4.78 is 42.4. The lowest BCUT2D eigenvalue weighted by Gasteiger charge is -2.06. The highest BCUT2D eigenvalue weighted by Crippen LogP contribution is 2.30. The fourth-order valence-electron chi connectivity index (χ4n) is 1.51. The smallest absolute Gasteiger partial charge is 0.394 e. The summed E-state index contributed by atoms with van der Waals surface area (Å²) >= 11 is 0. The molecule has 6 heteroatoms. The Labute approximate surface area is 107 Å². The molecular weight excluding hydrogens is 257 g/mol. The van der Waals surface area contributed by atoms with Gasteiger partial charge < -0.3 is 10.3 Å². The fraction of sp³-hybridized carbons (Fsp3) is 0.154. The maximum absolute atomic E-state index is 12.5. The summed E-state index contributed by atoms with van der Waals surface area (Å²) in [5.41, 5.74) is 6.17. The molecule has 1 aromatic heterocycles. The van der Waals surface area contributed by atoms with Crippen LogP contribution in [0.15, 0.2) is 28.8 Å². The van der Waals surface area contributed by atoms with Gasteiger partial charge in [-0.05, 0) is 30.7 Å². The largest absolute Gasteiger partial charge is 0.416 e. The number of alkyl halides is 3. The van der Waals surface area contributed by atoms with E-state index in [1.807, 2.05) is 0 Å². The molecule has 0 unspecified atom stereocenters. The number of aromatic nitrogens is 1. The molecule has 3 nitrogen and oxygen atoms in total. The van der Waals surface area contributed by atoms with Crippen LogP contribution in [0.4, 0.5) is 18.9 Å². The lowest BCUT2D eigenvalue weighted by atomic mass is 10.1. The number of aryl methyl sites for hydroxylation is 1. The zero-order valence-corrected chi connectivity index (χ0v) is 10.0. The zero-order chi connectivity index (χ0) is 14.0. The summed E-state index contributed by atoms with van der Waals surface area (Å²) in [5, 5.41) is 3.69. The molecule has 0 aliphatic heterocycles. The molecule has 0 saturated carbocycles. The average Bonchev–Trinajstić information content (AvgIpc) is 2.67. The SMILES string of the molecule is Cc1onc(/C=C/c2cccc(C(F)(F)F)c2)c1N. The Hall–Kier alpha value is -2.24. The van der Waals surface area contributed by atoms with Crippen molar-refractivity contribution in [1.29, 1.82) is 0 Å². The van der Waals surface area contributed by atoms with Crippen molar-refractivity contribution in [2.45, 2.75) is 13.1 Å². The third-order valence-corrected chi connectivity index (χ3v) is 2.58. The Morgan fingerprint density at radius 3 is 2.58 bits per heavy atom. The van der Waals surface area contributed by atoms with Gasteiger partial charge >= 0.3 is 6.18 Å². The molecule has 2 aromatic rings. The molecule has 1 aromatic carbocycles. The lowest BCUT2D eigenvalue weighted by Crippen LogP contribution is -2.04. The normalized spacial score (nSPS) is 12.2. The van der Waals surface area contributed by atoms with E-state index in [1.165, 1.54) is 18.2 Å². The van der Waals surface area contributed by atoms with Gasteiger partial charge in [-0.15, -0.1) is 0 Å². The molecule has 0 spiro atoms. The number of rotatable bonds is 2. The number of anilines is 1. The molecule has 0 aliphatic rings. The summed E-state index contributed by atoms with van der Waals surface area (Å²) in [4.78, 5) is 0. The van der Waals surface area contributed by atoms with Crippen molar-refractivity contribution in [2.75, 3.05) is 5.73 Å². The first-order valence-electron chi connectivity index (χ1n) is 5.45. The minimum atomic E-state index is -4.35. The first-order valence-corrected chi connectivity index (χ1v) is 5.45. The molecule has 2 N–H and O–H groups in total. The molecule has 0 amide bonds. The van der Waals surface area contributed by atoms with E-state index in [-0.39, 0.29) is 0 Å². The predicted octanol–water partition coefficient (Wildman–Crippen LogP) is 3.75. The van der Waals surface area contributed by atoms with Crippen LogP contribution in [0.25, 0.3) is 12.2 Å². The van der Waals surface area contributed by atoms with Crippen LogP contribution in [-0.2, 0) is 6.18 Å². The first-order chi connectivity index (χ1) is 8.88. The predicted molar refractivity (Wildman–Crippen MR) is 66.0 cm³/mol. The summed E-state index contributed by atoms with van der Waals surface area (Å²) in [6, 6.07) is 4.99. The second-order valence-corrected chi connectivity index (χ2v) is 3.99. The maximum Gasteiger partial charge on any atom is 0.416 e. The van der Waals surface area contributed by atoms with Crippen LogP contribution in [0.1, 0.15) is 22.6 Å². The second-order valence-electron chi connectivity index (χ2n) is 3.99. The Morgan fingerprint density at radius 2 is 2.00 bits per heavy atom. The molecule has 19 heavy (non-hydrogen) atoms. The molecule has 0 atom stereocenters. The molecule has 0 bridgehead atoms. The number of nitrogens with two attached hydrogens (primary N) is 1. The molecule has 1 heterocycles. The van der Waals surface area contributed by atoms with E-state index in [2.05, 4.69) is 5.16 Å². The lowest BCUT2D eigenvalue weighted by molar-refractivity contribution is -0.137. The zero-order valence-electron chi connectivity index (χ0n) is 10.0. The third kappa shape index (κ3) is 2.96. The Balaban J connectivity index is 2.27. The molecule has 0 saturated heterocycles. The van der Waals surface area contributed by atoms with Crippen molar-refractivity contribution in [1.82, 2.24) is 5.16 Å². The second kappa shape index (κ2) is 4.79. The monoisotopic (exact) mass is 268 g/mol. The summed E-state index contributed by atoms with van der Waals surface area (Å²) in [7, 11) is 0. The highest BCUT2D eigenvalue weighted by molar-refractivity contribution is 5.74. The van der Waals surface area contributed by atoms with Crippen molar-refractivity contribution in [3.05, 3.63) is 46.8 Å². The summed E-state index contributed by atoms with van der Waals surface area (Å²) in [5.74, 6) is 0.476. The standard InChI is InChI=1S/C13H11F3N2O/c1-8-12(17)11(18-19-8)6-5-9-3-2-4-10(7-9)13(14,15)16/h2-7H,17H2,1H3/b6-5+. The van der Waals surface area contributed by atoms with E-state index < -0.39 is 11.7 Å². The molecule has 100 valence electrons. The number of benzene rings is 1. The van der Waals surface area contributed by atoms with E-state index in [0.717, 1.165) is 12.1 Å². The highest BCUT2D eigenvalue weighted by atomic mass is 19.4. The number of halogens is 3. The van der Waals surface area contributed by atoms with E-state index in [9.17, 15) is 13.2 Å². The topological polar surface area (TPSA) is 52.0 Å². The van der Waals surface area contributed by atoms with Gasteiger partial charge in [0.25, 0.3) is 0 Å². The van der Waals surface area contributed by atoms with Gasteiger partial charge in [0, 0.05) is 0 Å². The Morgan fingerprint density at radius 1 is 1.26 bits per heavy atom. The maximum atomic E-state index is 12.5. The van der Waals surface area contributed by atoms with Gasteiger partial charge in [-0.25, -0.2) is 0 Å². The van der Waals surface area contributed by atoms with Gasteiger partial charge in [0.1, 0.15) is 11.4 Å². The number of hydrogen-bond acceptors (Lipinski definition) is 3. The van der Waals surface area contributed by atoms with Gasteiger partial charge in [0.2, 0.25) is 0 Å². The number of nitrogen functional groups attached to an aromatic ring is 1. The fourth-order valence-corrected chi connectivity index (χ4v) is 1.51. The third-order valence-electron chi connectivity index (χ3n) is 2.58. The van der Waals surface area contributed by atoms with Crippen LogP contribution in [-0.4, -0.2) is 5.16 Å². The Bertz CT molecular complexity index is 615. The quantitative estimate of drug-likeness (QED) is 0.902. The van der Waals surface area contributed by atoms with Crippen LogP contribution in [0, 0.1) is 6.92 Å². The van der Waals surface area contributed by atoms with Crippen molar-refractivity contribution in [3.63, 3.8) is 0 Å². The minimum Gasteiger partial charge on any atom is -0.394 e. The van der Waals surface area contributed by atoms with Crippen molar-refractivity contribution in [3.8, 4) is 0 Å². The minimum absolute atomic E-state index is 0.378. The van der Waals surface area contributed by atoms with Gasteiger partial charge in [0.05, 0.1) is 5.56 Å². The number of hydrogen-bond donors (Lipinski definition) is 1. The highest BCUT2D eigenvalue weighted by Gasteiger charge is 2.30. The van der Waals surface area contributed by atoms with Crippen LogP contribution >= 0.6 is 0 Å². The van der Waals surface area contributed by atoms with Gasteiger partial charge in [0.15, 0.2) is 5.76 Å². The van der Waals surface area contributed by atoms with Crippen LogP contribution < -0.4 is 5.73 Å². The molecule has 0 fully saturated rings. The van der Waals surface area contributed by atoms with Crippen molar-refractivity contribution >= 4 is 17.8 Å². The molecule has 2 rings (SSSR count). The van der Waals surface area contributed by atoms with E-state index in [0.29, 0.717) is 22.7 Å². The Kier molecular flexibility index (Phi) is 3.33. The van der Waals surface area contributed by atoms with Gasteiger partial charge in [-0.2, -0.15) is 13.2 Å². The molecule has 0 aliphatic carbocycles. The molecular formula is C13H11F3N2O. The van der Waals surface area contributed by atoms with Crippen LogP contribution in [0.3, 0.4) is 0 Å². The van der Waals surface area contributed by atoms with Gasteiger partial charge in [-0.3, -0.25) is 0 Å². The van der Waals surface area contributed by atoms with Crippen LogP contribution in [0.2, 0.25) is 0 Å². The number of nitrogens with zero attached hydrogens (tertiary/aromatic N) is 1. The van der Waals surface area contributed by atoms with Gasteiger partial charge in [-0.1, -0.05) is 23.4 Å². The summed E-state index contributed by atoms with van der Waals surface area (Å²) in [6.45, 7) is 1.66. The summed E-state index contributed by atoms with van der Waals surface area (Å²) in [6.07, 6.45) is -1.34. The van der Waals surface area contributed by atoms with Crippen LogP contribution in [0.5, 0.6) is 0 Å². The van der Waals surface area contributed by atoms with Crippen molar-refractivity contribution in [2.24, 2.45) is 0 Å². The van der Waals surface area contributed by atoms with E-state index in [4.69, 9.17) is 10.3 Å². The first kappa shape index (κ1) is 13.2. The van der Waals surface area contributed by atoms with Crippen molar-refractivity contribution < 1.29 is 17.7 Å². The van der Waals surface area contributed by atoms with E-state index in [1.54, 1.807) is 13.0 Å².